The predicted octanol–water partition coefficient (Wildman–Crippen LogP) is 3.96. The Morgan fingerprint density at radius 1 is 0.943 bits per heavy atom. The highest BCUT2D eigenvalue weighted by Gasteiger charge is 2.27. The largest absolute Gasteiger partial charge is 0.497 e. The second kappa shape index (κ2) is 9.09. The molecule has 0 saturated carbocycles. The summed E-state index contributed by atoms with van der Waals surface area (Å²) in [6.07, 6.45) is 0. The second-order valence-electron chi connectivity index (χ2n) is 8.35. The Hall–Kier alpha value is -3.82. The lowest BCUT2D eigenvalue weighted by molar-refractivity contribution is 0.174. The van der Waals surface area contributed by atoms with Crippen LogP contribution in [0.4, 0.5) is 0 Å². The number of pyridine rings is 1. The summed E-state index contributed by atoms with van der Waals surface area (Å²) in [5, 5.41) is 0.745. The first kappa shape index (κ1) is 22.9. The fraction of sp³-hybridized carbons (Fsp3) is 0.192. The van der Waals surface area contributed by atoms with Gasteiger partial charge in [-0.3, -0.25) is 4.79 Å². The standard InChI is InChI=1S/C26H24N2O6S/c1-17-3-7-22(8-4-17)35(30,31)28(14-18-5-10-24-25(11-18)34-16-33-24)15-20-12-19-13-21(32-2)6-9-23(19)27-26(20)29/h3-13H,14-16H2,1-2H3,(H,27,29). The van der Waals surface area contributed by atoms with Crippen LogP contribution >= 0.6 is 0 Å². The van der Waals surface area contributed by atoms with Crippen LogP contribution in [0.3, 0.4) is 0 Å². The molecule has 0 fully saturated rings. The van der Waals surface area contributed by atoms with Gasteiger partial charge in [-0.2, -0.15) is 4.31 Å². The molecule has 0 spiro atoms. The number of fused-ring (bicyclic) bond motifs is 2. The lowest BCUT2D eigenvalue weighted by Crippen LogP contribution is -2.32. The van der Waals surface area contributed by atoms with Crippen LogP contribution in [0.25, 0.3) is 10.9 Å². The zero-order chi connectivity index (χ0) is 24.6. The summed E-state index contributed by atoms with van der Waals surface area (Å²) in [7, 11) is -2.36. The molecule has 0 bridgehead atoms. The minimum atomic E-state index is -3.93. The molecule has 8 nitrogen and oxygen atoms in total. The quantitative estimate of drug-likeness (QED) is 0.419. The molecular weight excluding hydrogens is 468 g/mol. The average Bonchev–Trinajstić information content (AvgIpc) is 3.32. The molecule has 2 heterocycles. The SMILES string of the molecule is COc1ccc2[nH]c(=O)c(CN(Cc3ccc4c(c3)OCO4)S(=O)(=O)c3ccc(C)cc3)cc2c1. The van der Waals surface area contributed by atoms with Gasteiger partial charge in [0.15, 0.2) is 11.5 Å². The number of nitrogens with one attached hydrogen (secondary N) is 1. The van der Waals surface area contributed by atoms with Gasteiger partial charge in [0.2, 0.25) is 16.8 Å². The van der Waals surface area contributed by atoms with Crippen molar-refractivity contribution >= 4 is 20.9 Å². The molecule has 0 saturated heterocycles. The number of rotatable bonds is 7. The Labute approximate surface area is 202 Å². The van der Waals surface area contributed by atoms with Crippen molar-refractivity contribution in [3.8, 4) is 17.2 Å². The number of aryl methyl sites for hydroxylation is 1. The summed E-state index contributed by atoms with van der Waals surface area (Å²) >= 11 is 0. The third-order valence-electron chi connectivity index (χ3n) is 5.93. The van der Waals surface area contributed by atoms with Gasteiger partial charge in [0.25, 0.3) is 5.56 Å². The number of H-pyrrole nitrogens is 1. The zero-order valence-electron chi connectivity index (χ0n) is 19.3. The minimum Gasteiger partial charge on any atom is -0.497 e. The van der Waals surface area contributed by atoms with E-state index < -0.39 is 10.0 Å². The van der Waals surface area contributed by atoms with E-state index in [1.807, 2.05) is 6.92 Å². The van der Waals surface area contributed by atoms with Crippen molar-refractivity contribution in [1.82, 2.24) is 9.29 Å². The molecule has 0 aliphatic carbocycles. The number of hydrogen-bond donors (Lipinski definition) is 1. The molecule has 1 aliphatic rings. The van der Waals surface area contributed by atoms with Crippen molar-refractivity contribution in [3.05, 3.63) is 93.8 Å². The first-order valence-corrected chi connectivity index (χ1v) is 12.4. The van der Waals surface area contributed by atoms with Crippen molar-refractivity contribution in [2.24, 2.45) is 0 Å². The summed E-state index contributed by atoms with van der Waals surface area (Å²) in [5.74, 6) is 1.81. The van der Waals surface area contributed by atoms with Gasteiger partial charge in [-0.05, 0) is 61.0 Å². The summed E-state index contributed by atoms with van der Waals surface area (Å²) in [4.78, 5) is 15.9. The topological polar surface area (TPSA) is 97.9 Å². The Kier molecular flexibility index (Phi) is 5.96. The van der Waals surface area contributed by atoms with Gasteiger partial charge in [0.05, 0.1) is 12.0 Å². The fourth-order valence-electron chi connectivity index (χ4n) is 3.99. The first-order chi connectivity index (χ1) is 16.8. The van der Waals surface area contributed by atoms with E-state index in [1.165, 1.54) is 4.31 Å². The van der Waals surface area contributed by atoms with Gasteiger partial charge in [-0.25, -0.2) is 8.42 Å². The molecule has 5 rings (SSSR count). The maximum absolute atomic E-state index is 13.7. The van der Waals surface area contributed by atoms with E-state index >= 15 is 0 Å². The van der Waals surface area contributed by atoms with Crippen LogP contribution in [0.5, 0.6) is 17.2 Å². The summed E-state index contributed by atoms with van der Waals surface area (Å²) in [6, 6.07) is 19.0. The molecule has 3 aromatic carbocycles. The molecular formula is C26H24N2O6S. The highest BCUT2D eigenvalue weighted by Crippen LogP contribution is 2.33. The third-order valence-corrected chi connectivity index (χ3v) is 7.74. The van der Waals surface area contributed by atoms with Crippen LogP contribution in [-0.4, -0.2) is 31.6 Å². The molecule has 1 aliphatic heterocycles. The van der Waals surface area contributed by atoms with Gasteiger partial charge in [0.1, 0.15) is 5.75 Å². The van der Waals surface area contributed by atoms with Crippen molar-refractivity contribution in [3.63, 3.8) is 0 Å². The average molecular weight is 493 g/mol. The monoisotopic (exact) mass is 492 g/mol. The van der Waals surface area contributed by atoms with Crippen LogP contribution in [0.1, 0.15) is 16.7 Å². The van der Waals surface area contributed by atoms with Crippen LogP contribution in [0.15, 0.2) is 76.4 Å². The van der Waals surface area contributed by atoms with Gasteiger partial charge >= 0.3 is 0 Å². The Morgan fingerprint density at radius 3 is 2.49 bits per heavy atom. The van der Waals surface area contributed by atoms with Crippen molar-refractivity contribution < 1.29 is 22.6 Å². The Balaban J connectivity index is 1.56. The van der Waals surface area contributed by atoms with E-state index in [1.54, 1.807) is 73.8 Å². The van der Waals surface area contributed by atoms with Crippen LogP contribution in [0, 0.1) is 6.92 Å². The van der Waals surface area contributed by atoms with Crippen molar-refractivity contribution in [2.75, 3.05) is 13.9 Å². The van der Waals surface area contributed by atoms with E-state index in [0.29, 0.717) is 33.9 Å². The number of ether oxygens (including phenoxy) is 3. The van der Waals surface area contributed by atoms with Crippen LogP contribution in [0.2, 0.25) is 0 Å². The lowest BCUT2D eigenvalue weighted by atomic mass is 10.1. The molecule has 0 amide bonds. The number of hydrogen-bond acceptors (Lipinski definition) is 6. The second-order valence-corrected chi connectivity index (χ2v) is 10.3. The minimum absolute atomic E-state index is 0.0441. The molecule has 0 radical (unpaired) electrons. The number of benzene rings is 3. The Morgan fingerprint density at radius 2 is 1.71 bits per heavy atom. The van der Waals surface area contributed by atoms with Gasteiger partial charge < -0.3 is 19.2 Å². The van der Waals surface area contributed by atoms with Crippen molar-refractivity contribution in [2.45, 2.75) is 24.9 Å². The van der Waals surface area contributed by atoms with Gasteiger partial charge in [0, 0.05) is 29.6 Å². The predicted molar refractivity (Wildman–Crippen MR) is 131 cm³/mol. The van der Waals surface area contributed by atoms with Gasteiger partial charge in [-0.15, -0.1) is 0 Å². The van der Waals surface area contributed by atoms with E-state index in [4.69, 9.17) is 14.2 Å². The molecule has 0 unspecified atom stereocenters. The number of aromatic amines is 1. The zero-order valence-corrected chi connectivity index (χ0v) is 20.1. The number of nitrogens with zero attached hydrogens (tertiary/aromatic N) is 1. The molecule has 1 N–H and O–H groups in total. The number of sulfonamides is 1. The number of methoxy groups -OCH3 is 1. The van der Waals surface area contributed by atoms with Gasteiger partial charge in [-0.1, -0.05) is 23.8 Å². The van der Waals surface area contributed by atoms with Crippen molar-refractivity contribution in [1.29, 1.82) is 0 Å². The maximum Gasteiger partial charge on any atom is 0.252 e. The highest BCUT2D eigenvalue weighted by atomic mass is 32.2. The first-order valence-electron chi connectivity index (χ1n) is 11.0. The Bertz CT molecular complexity index is 1560. The lowest BCUT2D eigenvalue weighted by Gasteiger charge is -2.23. The van der Waals surface area contributed by atoms with E-state index in [9.17, 15) is 13.2 Å². The third kappa shape index (κ3) is 4.60. The summed E-state index contributed by atoms with van der Waals surface area (Å²) in [6.45, 7) is 1.94. The summed E-state index contributed by atoms with van der Waals surface area (Å²) < 4.78 is 44.8. The molecule has 0 atom stereocenters. The molecule has 35 heavy (non-hydrogen) atoms. The normalized spacial score (nSPS) is 12.9. The number of aromatic nitrogens is 1. The summed E-state index contributed by atoms with van der Waals surface area (Å²) in [5.41, 5.74) is 2.28. The van der Waals surface area contributed by atoms with Crippen LogP contribution in [-0.2, 0) is 23.1 Å². The molecule has 180 valence electrons. The smallest absolute Gasteiger partial charge is 0.252 e. The maximum atomic E-state index is 13.7. The fourth-order valence-corrected chi connectivity index (χ4v) is 5.40. The molecule has 4 aromatic rings. The van der Waals surface area contributed by atoms with E-state index in [-0.39, 0.29) is 30.3 Å². The molecule has 1 aromatic heterocycles. The molecule has 9 heteroatoms. The van der Waals surface area contributed by atoms with E-state index in [2.05, 4.69) is 4.98 Å². The van der Waals surface area contributed by atoms with Crippen LogP contribution < -0.4 is 19.8 Å². The van der Waals surface area contributed by atoms with E-state index in [0.717, 1.165) is 10.9 Å². The highest BCUT2D eigenvalue weighted by molar-refractivity contribution is 7.89.